The average Bonchev–Trinajstić information content (AvgIpc) is 2.71. The number of carbonyl (C=O) groups excluding carboxylic acids is 1. The Kier molecular flexibility index (Phi) is 6.31. The molecule has 1 atom stereocenters. The second-order valence-corrected chi connectivity index (χ2v) is 6.93. The molecule has 0 radical (unpaired) electrons. The third kappa shape index (κ3) is 4.17. The van der Waals surface area contributed by atoms with Gasteiger partial charge in [-0.2, -0.15) is 0 Å². The SMILES string of the molecule is CCCOc1cc(C2NC(=S)NC(C)=C2C(=O)c2ccccc2)ccc1OC. The van der Waals surface area contributed by atoms with Crippen molar-refractivity contribution in [1.82, 2.24) is 10.6 Å². The summed E-state index contributed by atoms with van der Waals surface area (Å²) in [4.78, 5) is 13.2. The van der Waals surface area contributed by atoms with Crippen molar-refractivity contribution in [3.8, 4) is 11.5 Å². The standard InChI is InChI=1S/C22H24N2O3S/c1-4-12-27-18-13-16(10-11-17(18)26-3)20-19(14(2)23-22(28)24-20)21(25)15-8-6-5-7-9-15/h5-11,13,20H,4,12H2,1-3H3,(H2,23,24,28). The molecule has 0 aromatic heterocycles. The van der Waals surface area contributed by atoms with Crippen LogP contribution < -0.4 is 20.1 Å². The van der Waals surface area contributed by atoms with Gasteiger partial charge in [-0.15, -0.1) is 0 Å². The summed E-state index contributed by atoms with van der Waals surface area (Å²) in [6, 6.07) is 14.5. The number of ketones is 1. The van der Waals surface area contributed by atoms with Gasteiger partial charge in [-0.05, 0) is 43.3 Å². The summed E-state index contributed by atoms with van der Waals surface area (Å²) in [6.07, 6.45) is 0.889. The van der Waals surface area contributed by atoms with E-state index in [2.05, 4.69) is 10.6 Å². The first-order valence-corrected chi connectivity index (χ1v) is 9.64. The molecule has 1 heterocycles. The van der Waals surface area contributed by atoms with E-state index in [0.717, 1.165) is 17.7 Å². The third-order valence-corrected chi connectivity index (χ3v) is 4.75. The van der Waals surface area contributed by atoms with Crippen LogP contribution in [0.1, 0.15) is 42.2 Å². The van der Waals surface area contributed by atoms with Crippen molar-refractivity contribution in [2.24, 2.45) is 0 Å². The molecule has 1 unspecified atom stereocenters. The highest BCUT2D eigenvalue weighted by atomic mass is 32.1. The molecular formula is C22H24N2O3S. The molecule has 2 N–H and O–H groups in total. The first-order chi connectivity index (χ1) is 13.5. The van der Waals surface area contributed by atoms with Crippen LogP contribution in [0.15, 0.2) is 59.8 Å². The molecular weight excluding hydrogens is 372 g/mol. The van der Waals surface area contributed by atoms with E-state index in [1.165, 1.54) is 0 Å². The van der Waals surface area contributed by atoms with E-state index in [1.807, 2.05) is 62.4 Å². The van der Waals surface area contributed by atoms with Crippen LogP contribution in [-0.2, 0) is 0 Å². The maximum Gasteiger partial charge on any atom is 0.193 e. The fraction of sp³-hybridized carbons (Fsp3) is 0.273. The predicted molar refractivity (Wildman–Crippen MR) is 114 cm³/mol. The minimum Gasteiger partial charge on any atom is -0.493 e. The molecule has 0 amide bonds. The van der Waals surface area contributed by atoms with E-state index in [4.69, 9.17) is 21.7 Å². The number of nitrogens with one attached hydrogen (secondary N) is 2. The van der Waals surface area contributed by atoms with Crippen molar-refractivity contribution in [3.05, 3.63) is 70.9 Å². The first-order valence-electron chi connectivity index (χ1n) is 9.24. The maximum absolute atomic E-state index is 13.2. The number of Topliss-reactive ketones (excluding diaryl/α,β-unsaturated/α-hetero) is 1. The topological polar surface area (TPSA) is 59.6 Å². The number of rotatable bonds is 7. The zero-order valence-corrected chi connectivity index (χ0v) is 17.1. The van der Waals surface area contributed by atoms with Gasteiger partial charge in [0.15, 0.2) is 22.4 Å². The monoisotopic (exact) mass is 396 g/mol. The molecule has 0 fully saturated rings. The highest BCUT2D eigenvalue weighted by Gasteiger charge is 2.31. The second kappa shape index (κ2) is 8.89. The van der Waals surface area contributed by atoms with Gasteiger partial charge in [0.1, 0.15) is 0 Å². The quantitative estimate of drug-likeness (QED) is 0.541. The second-order valence-electron chi connectivity index (χ2n) is 6.52. The van der Waals surface area contributed by atoms with Gasteiger partial charge in [0.05, 0.1) is 19.8 Å². The zero-order chi connectivity index (χ0) is 20.1. The fourth-order valence-corrected chi connectivity index (χ4v) is 3.46. The molecule has 0 saturated carbocycles. The minimum absolute atomic E-state index is 0.0440. The van der Waals surface area contributed by atoms with Crippen molar-refractivity contribution in [1.29, 1.82) is 0 Å². The minimum atomic E-state index is -0.378. The number of allylic oxidation sites excluding steroid dienone is 1. The maximum atomic E-state index is 13.2. The van der Waals surface area contributed by atoms with E-state index < -0.39 is 0 Å². The Bertz CT molecular complexity index is 909. The van der Waals surface area contributed by atoms with Crippen LogP contribution in [0.25, 0.3) is 0 Å². The van der Waals surface area contributed by atoms with E-state index in [-0.39, 0.29) is 11.8 Å². The van der Waals surface area contributed by atoms with Crippen LogP contribution in [0.2, 0.25) is 0 Å². The Hall–Kier alpha value is -2.86. The molecule has 0 saturated heterocycles. The number of hydrogen-bond donors (Lipinski definition) is 2. The smallest absolute Gasteiger partial charge is 0.193 e. The molecule has 1 aliphatic rings. The largest absolute Gasteiger partial charge is 0.493 e. The van der Waals surface area contributed by atoms with E-state index in [9.17, 15) is 4.79 Å². The van der Waals surface area contributed by atoms with Gasteiger partial charge in [0.25, 0.3) is 0 Å². The van der Waals surface area contributed by atoms with Crippen molar-refractivity contribution in [2.75, 3.05) is 13.7 Å². The summed E-state index contributed by atoms with van der Waals surface area (Å²) in [5.41, 5.74) is 2.89. The molecule has 6 heteroatoms. The number of carbonyl (C=O) groups is 1. The first kappa shape index (κ1) is 19.9. The summed E-state index contributed by atoms with van der Waals surface area (Å²) in [7, 11) is 1.61. The summed E-state index contributed by atoms with van der Waals surface area (Å²) >= 11 is 5.34. The van der Waals surface area contributed by atoms with Crippen molar-refractivity contribution in [3.63, 3.8) is 0 Å². The van der Waals surface area contributed by atoms with Crippen LogP contribution in [0.5, 0.6) is 11.5 Å². The lowest BCUT2D eigenvalue weighted by atomic mass is 9.89. The Morgan fingerprint density at radius 3 is 2.57 bits per heavy atom. The van der Waals surface area contributed by atoms with Gasteiger partial charge in [-0.25, -0.2) is 0 Å². The van der Waals surface area contributed by atoms with Gasteiger partial charge in [-0.3, -0.25) is 4.79 Å². The van der Waals surface area contributed by atoms with Crippen LogP contribution in [0.4, 0.5) is 0 Å². The lowest BCUT2D eigenvalue weighted by Crippen LogP contribution is -2.44. The molecule has 3 rings (SSSR count). The summed E-state index contributed by atoms with van der Waals surface area (Å²) in [5, 5.41) is 6.79. The Balaban J connectivity index is 2.04. The van der Waals surface area contributed by atoms with Crippen molar-refractivity contribution in [2.45, 2.75) is 26.3 Å². The van der Waals surface area contributed by atoms with Crippen molar-refractivity contribution >= 4 is 23.1 Å². The predicted octanol–water partition coefficient (Wildman–Crippen LogP) is 4.16. The van der Waals surface area contributed by atoms with E-state index >= 15 is 0 Å². The molecule has 0 bridgehead atoms. The lowest BCUT2D eigenvalue weighted by Gasteiger charge is -2.30. The summed E-state index contributed by atoms with van der Waals surface area (Å²) < 4.78 is 11.2. The van der Waals surface area contributed by atoms with Gasteiger partial charge < -0.3 is 20.1 Å². The summed E-state index contributed by atoms with van der Waals surface area (Å²) in [5.74, 6) is 1.26. The molecule has 146 valence electrons. The normalized spacial score (nSPS) is 16.2. The number of benzene rings is 2. The van der Waals surface area contributed by atoms with E-state index in [0.29, 0.717) is 34.4 Å². The lowest BCUT2D eigenvalue weighted by molar-refractivity contribution is 0.102. The molecule has 0 spiro atoms. The molecule has 0 aliphatic carbocycles. The molecule has 2 aromatic rings. The number of ether oxygens (including phenoxy) is 2. The molecule has 5 nitrogen and oxygen atoms in total. The van der Waals surface area contributed by atoms with Crippen LogP contribution >= 0.6 is 12.2 Å². The molecule has 1 aliphatic heterocycles. The third-order valence-electron chi connectivity index (χ3n) is 4.53. The molecule has 2 aromatic carbocycles. The van der Waals surface area contributed by atoms with Crippen LogP contribution in [-0.4, -0.2) is 24.6 Å². The zero-order valence-electron chi connectivity index (χ0n) is 16.2. The van der Waals surface area contributed by atoms with Gasteiger partial charge in [0.2, 0.25) is 0 Å². The Labute approximate surface area is 170 Å². The summed E-state index contributed by atoms with van der Waals surface area (Å²) in [6.45, 7) is 4.50. The number of hydrogen-bond acceptors (Lipinski definition) is 4. The highest BCUT2D eigenvalue weighted by Crippen LogP contribution is 2.35. The molecule has 28 heavy (non-hydrogen) atoms. The van der Waals surface area contributed by atoms with Crippen LogP contribution in [0.3, 0.4) is 0 Å². The Morgan fingerprint density at radius 2 is 1.89 bits per heavy atom. The number of methoxy groups -OCH3 is 1. The van der Waals surface area contributed by atoms with E-state index in [1.54, 1.807) is 7.11 Å². The average molecular weight is 397 g/mol. The number of thiocarbonyl (C=S) groups is 1. The van der Waals surface area contributed by atoms with Crippen LogP contribution in [0, 0.1) is 0 Å². The Morgan fingerprint density at radius 1 is 1.14 bits per heavy atom. The van der Waals surface area contributed by atoms with Gasteiger partial charge in [-0.1, -0.05) is 43.3 Å². The van der Waals surface area contributed by atoms with Gasteiger partial charge in [0, 0.05) is 16.8 Å². The van der Waals surface area contributed by atoms with Gasteiger partial charge >= 0.3 is 0 Å². The fourth-order valence-electron chi connectivity index (χ4n) is 3.19. The highest BCUT2D eigenvalue weighted by molar-refractivity contribution is 7.80. The van der Waals surface area contributed by atoms with Crippen molar-refractivity contribution < 1.29 is 14.3 Å².